The van der Waals surface area contributed by atoms with E-state index >= 15 is 0 Å². The molecule has 3 rings (SSSR count). The van der Waals surface area contributed by atoms with Crippen LogP contribution in [0.25, 0.3) is 0 Å². The first kappa shape index (κ1) is 15.3. The Morgan fingerprint density at radius 2 is 1.86 bits per heavy atom. The van der Waals surface area contributed by atoms with Gasteiger partial charge >= 0.3 is 6.03 Å². The summed E-state index contributed by atoms with van der Waals surface area (Å²) >= 11 is 0. The number of likely N-dealkylation sites (tertiary alicyclic amines) is 1. The van der Waals surface area contributed by atoms with Crippen molar-refractivity contribution in [1.82, 2.24) is 15.5 Å². The Bertz CT molecular complexity index is 466. The summed E-state index contributed by atoms with van der Waals surface area (Å²) in [6.45, 7) is 1.72. The van der Waals surface area contributed by atoms with Gasteiger partial charge in [0.15, 0.2) is 0 Å². The van der Waals surface area contributed by atoms with Crippen molar-refractivity contribution in [2.75, 3.05) is 13.1 Å². The van der Waals surface area contributed by atoms with Gasteiger partial charge in [0.05, 0.1) is 0 Å². The molecule has 6 heteroatoms. The van der Waals surface area contributed by atoms with E-state index in [2.05, 4.69) is 10.6 Å². The second-order valence-corrected chi connectivity index (χ2v) is 7.03. The van der Waals surface area contributed by atoms with Gasteiger partial charge in [-0.1, -0.05) is 19.3 Å². The van der Waals surface area contributed by atoms with Gasteiger partial charge in [0.1, 0.15) is 6.04 Å². The van der Waals surface area contributed by atoms with Crippen LogP contribution in [0.4, 0.5) is 4.79 Å². The maximum atomic E-state index is 12.5. The highest BCUT2D eigenvalue weighted by atomic mass is 16.2. The molecule has 1 unspecified atom stereocenters. The number of nitrogens with one attached hydrogen (secondary N) is 2. The van der Waals surface area contributed by atoms with Gasteiger partial charge in [0, 0.05) is 19.5 Å². The molecule has 0 aromatic heterocycles. The minimum Gasteiger partial charge on any atom is -0.342 e. The number of imide groups is 1. The summed E-state index contributed by atoms with van der Waals surface area (Å²) in [6.07, 6.45) is 9.45. The summed E-state index contributed by atoms with van der Waals surface area (Å²) in [4.78, 5) is 37.0. The van der Waals surface area contributed by atoms with E-state index in [-0.39, 0.29) is 11.8 Å². The lowest BCUT2D eigenvalue weighted by molar-refractivity contribution is -0.135. The second kappa shape index (κ2) is 6.26. The lowest BCUT2D eigenvalue weighted by Gasteiger charge is -2.45. The Balaban J connectivity index is 1.51. The molecule has 1 aliphatic carbocycles. The molecule has 2 saturated heterocycles. The summed E-state index contributed by atoms with van der Waals surface area (Å²) in [5.41, 5.74) is 0.352. The number of carbonyl (C=O) groups is 3. The van der Waals surface area contributed by atoms with Crippen LogP contribution >= 0.6 is 0 Å². The number of rotatable bonds is 3. The quantitative estimate of drug-likeness (QED) is 0.776. The zero-order chi connectivity index (χ0) is 15.6. The van der Waals surface area contributed by atoms with Crippen molar-refractivity contribution >= 4 is 17.8 Å². The van der Waals surface area contributed by atoms with Gasteiger partial charge in [-0.05, 0) is 37.5 Å². The highest BCUT2D eigenvalue weighted by molar-refractivity contribution is 6.04. The fraction of sp³-hybridized carbons (Fsp3) is 0.812. The number of carbonyl (C=O) groups excluding carboxylic acids is 3. The summed E-state index contributed by atoms with van der Waals surface area (Å²) in [7, 11) is 0. The van der Waals surface area contributed by atoms with Crippen molar-refractivity contribution in [3.63, 3.8) is 0 Å². The van der Waals surface area contributed by atoms with Crippen LogP contribution in [0.5, 0.6) is 0 Å². The first-order valence-corrected chi connectivity index (χ1v) is 8.47. The van der Waals surface area contributed by atoms with Gasteiger partial charge < -0.3 is 10.2 Å². The van der Waals surface area contributed by atoms with E-state index in [0.717, 1.165) is 19.5 Å². The van der Waals surface area contributed by atoms with E-state index in [1.807, 2.05) is 4.90 Å². The minimum absolute atomic E-state index is 0.124. The third kappa shape index (κ3) is 3.25. The monoisotopic (exact) mass is 307 g/mol. The topological polar surface area (TPSA) is 78.5 Å². The molecule has 2 heterocycles. The van der Waals surface area contributed by atoms with Crippen molar-refractivity contribution < 1.29 is 14.4 Å². The van der Waals surface area contributed by atoms with Crippen LogP contribution in [0.1, 0.15) is 57.8 Å². The number of nitrogens with zero attached hydrogens (tertiary/aromatic N) is 1. The summed E-state index contributed by atoms with van der Waals surface area (Å²) < 4.78 is 0. The average molecular weight is 307 g/mol. The molecule has 1 atom stereocenters. The van der Waals surface area contributed by atoms with E-state index in [1.54, 1.807) is 0 Å². The number of amides is 4. The molecule has 0 aromatic carbocycles. The van der Waals surface area contributed by atoms with Gasteiger partial charge in [-0.3, -0.25) is 14.9 Å². The van der Waals surface area contributed by atoms with Crippen molar-refractivity contribution in [1.29, 1.82) is 0 Å². The predicted octanol–water partition coefficient (Wildman–Crippen LogP) is 1.55. The fourth-order valence-corrected chi connectivity index (χ4v) is 4.22. The van der Waals surface area contributed by atoms with Crippen LogP contribution in [-0.4, -0.2) is 41.9 Å². The minimum atomic E-state index is -0.551. The Hall–Kier alpha value is -1.59. The molecule has 4 amide bonds. The van der Waals surface area contributed by atoms with Crippen LogP contribution in [0.3, 0.4) is 0 Å². The highest BCUT2D eigenvalue weighted by Gasteiger charge is 2.38. The standard InChI is InChI=1S/C16H25N3O3/c20-13(6-5-12-14(21)18-15(22)17-12)19-10-4-9-16(11-19)7-2-1-3-8-16/h12H,1-11H2,(H2,17,18,21,22). The molecular formula is C16H25N3O3. The first-order chi connectivity index (χ1) is 10.6. The van der Waals surface area contributed by atoms with E-state index in [0.29, 0.717) is 18.3 Å². The number of hydrogen-bond donors (Lipinski definition) is 2. The average Bonchev–Trinajstić information content (AvgIpc) is 2.83. The third-order valence-corrected chi connectivity index (χ3v) is 5.43. The van der Waals surface area contributed by atoms with E-state index in [9.17, 15) is 14.4 Å². The van der Waals surface area contributed by atoms with Crippen molar-refractivity contribution in [2.45, 2.75) is 63.8 Å². The summed E-state index contributed by atoms with van der Waals surface area (Å²) in [6, 6.07) is -1.01. The SMILES string of the molecule is O=C1NC(=O)C(CCC(=O)N2CCCC3(CCCCC3)C2)N1. The molecule has 2 aliphatic heterocycles. The van der Waals surface area contributed by atoms with Gasteiger partial charge in [0.2, 0.25) is 5.91 Å². The molecule has 6 nitrogen and oxygen atoms in total. The Morgan fingerprint density at radius 1 is 1.14 bits per heavy atom. The van der Waals surface area contributed by atoms with E-state index < -0.39 is 12.1 Å². The van der Waals surface area contributed by atoms with Crippen LogP contribution < -0.4 is 10.6 Å². The third-order valence-electron chi connectivity index (χ3n) is 5.43. The van der Waals surface area contributed by atoms with Gasteiger partial charge in [-0.25, -0.2) is 4.79 Å². The van der Waals surface area contributed by atoms with Gasteiger partial charge in [-0.2, -0.15) is 0 Å². The molecule has 22 heavy (non-hydrogen) atoms. The lowest BCUT2D eigenvalue weighted by Crippen LogP contribution is -2.47. The lowest BCUT2D eigenvalue weighted by atomic mass is 9.69. The fourth-order valence-electron chi connectivity index (χ4n) is 4.22. The normalized spacial score (nSPS) is 27.6. The molecule has 1 spiro atoms. The van der Waals surface area contributed by atoms with Crippen molar-refractivity contribution in [2.24, 2.45) is 5.41 Å². The summed E-state index contributed by atoms with van der Waals surface area (Å²) in [5.74, 6) is -0.196. The number of piperidine rings is 1. The first-order valence-electron chi connectivity index (χ1n) is 8.47. The predicted molar refractivity (Wildman–Crippen MR) is 81.0 cm³/mol. The van der Waals surface area contributed by atoms with Crippen molar-refractivity contribution in [3.8, 4) is 0 Å². The molecule has 0 bridgehead atoms. The maximum absolute atomic E-state index is 12.5. The van der Waals surface area contributed by atoms with Crippen molar-refractivity contribution in [3.05, 3.63) is 0 Å². The molecular weight excluding hydrogens is 282 g/mol. The molecule has 0 radical (unpaired) electrons. The zero-order valence-electron chi connectivity index (χ0n) is 13.0. The highest BCUT2D eigenvalue weighted by Crippen LogP contribution is 2.43. The Labute approximate surface area is 131 Å². The zero-order valence-corrected chi connectivity index (χ0v) is 13.0. The maximum Gasteiger partial charge on any atom is 0.322 e. The number of urea groups is 1. The largest absolute Gasteiger partial charge is 0.342 e. The number of hydrogen-bond acceptors (Lipinski definition) is 3. The molecule has 0 aromatic rings. The van der Waals surface area contributed by atoms with Crippen LogP contribution in [0, 0.1) is 5.41 Å². The van der Waals surface area contributed by atoms with Gasteiger partial charge in [0.25, 0.3) is 5.91 Å². The molecule has 1 saturated carbocycles. The summed E-state index contributed by atoms with van der Waals surface area (Å²) in [5, 5.41) is 4.75. The van der Waals surface area contributed by atoms with Crippen LogP contribution in [-0.2, 0) is 9.59 Å². The molecule has 2 N–H and O–H groups in total. The Kier molecular flexibility index (Phi) is 4.36. The molecule has 122 valence electrons. The van der Waals surface area contributed by atoms with Crippen LogP contribution in [0.15, 0.2) is 0 Å². The molecule has 3 aliphatic rings. The molecule has 3 fully saturated rings. The van der Waals surface area contributed by atoms with E-state index in [4.69, 9.17) is 0 Å². The van der Waals surface area contributed by atoms with Gasteiger partial charge in [-0.15, -0.1) is 0 Å². The smallest absolute Gasteiger partial charge is 0.322 e. The second-order valence-electron chi connectivity index (χ2n) is 7.03. The van der Waals surface area contributed by atoms with Crippen LogP contribution in [0.2, 0.25) is 0 Å². The van der Waals surface area contributed by atoms with E-state index in [1.165, 1.54) is 38.5 Å². The Morgan fingerprint density at radius 3 is 2.55 bits per heavy atom.